The van der Waals surface area contributed by atoms with Crippen LogP contribution in [0.25, 0.3) is 0 Å². The molecule has 0 heterocycles. The van der Waals surface area contributed by atoms with Crippen LogP contribution in [-0.2, 0) is 4.79 Å². The second-order valence-corrected chi connectivity index (χ2v) is 4.46. The minimum atomic E-state index is -1.04. The van der Waals surface area contributed by atoms with Crippen molar-refractivity contribution in [1.82, 2.24) is 5.32 Å². The van der Waals surface area contributed by atoms with Crippen molar-refractivity contribution in [3.05, 3.63) is 39.7 Å². The topological polar surface area (TPSA) is 110 Å². The van der Waals surface area contributed by atoms with E-state index in [1.165, 1.54) is 0 Å². The molecule has 1 aromatic rings. The van der Waals surface area contributed by atoms with Crippen molar-refractivity contribution in [3.63, 3.8) is 0 Å². The van der Waals surface area contributed by atoms with E-state index in [1.807, 2.05) is 6.92 Å². The van der Waals surface area contributed by atoms with Gasteiger partial charge in [0.1, 0.15) is 0 Å². The number of nitro benzene ring substituents is 1. The van der Waals surface area contributed by atoms with Crippen LogP contribution in [0.2, 0.25) is 0 Å². The molecule has 0 bridgehead atoms. The Hall–Kier alpha value is -2.51. The molecule has 0 saturated carbocycles. The number of benzene rings is 1. The number of carboxylic acids is 1. The number of nitro groups is 1. The zero-order chi connectivity index (χ0) is 16.0. The molecular formula is C13H15FN2O5. The van der Waals surface area contributed by atoms with Gasteiger partial charge < -0.3 is 10.4 Å². The second-order valence-electron chi connectivity index (χ2n) is 4.46. The number of aliphatic carboxylic acids is 1. The molecule has 114 valence electrons. The molecule has 0 aliphatic heterocycles. The summed E-state index contributed by atoms with van der Waals surface area (Å²) in [6, 6.07) is 2.75. The summed E-state index contributed by atoms with van der Waals surface area (Å²) in [7, 11) is 0. The van der Waals surface area contributed by atoms with E-state index in [0.717, 1.165) is 18.2 Å². The predicted octanol–water partition coefficient (Wildman–Crippen LogP) is 1.96. The molecule has 0 fully saturated rings. The van der Waals surface area contributed by atoms with Crippen molar-refractivity contribution in [3.8, 4) is 0 Å². The lowest BCUT2D eigenvalue weighted by Crippen LogP contribution is -2.33. The van der Waals surface area contributed by atoms with Gasteiger partial charge in [-0.2, -0.15) is 4.39 Å². The average molecular weight is 298 g/mol. The van der Waals surface area contributed by atoms with Crippen molar-refractivity contribution in [2.24, 2.45) is 5.92 Å². The molecular weight excluding hydrogens is 283 g/mol. The Balaban J connectivity index is 2.78. The number of carbonyl (C=O) groups excluding carboxylic acids is 1. The molecule has 0 saturated heterocycles. The zero-order valence-corrected chi connectivity index (χ0v) is 11.3. The van der Waals surface area contributed by atoms with Crippen LogP contribution in [0.3, 0.4) is 0 Å². The van der Waals surface area contributed by atoms with Gasteiger partial charge in [-0.05, 0) is 18.6 Å². The van der Waals surface area contributed by atoms with Crippen LogP contribution in [0.1, 0.15) is 30.1 Å². The number of nitrogens with one attached hydrogen (secondary N) is 1. The SMILES string of the molecule is CCCC(CNC(=O)c1ccc(F)c([N+](=O)[O-])c1)C(=O)O. The van der Waals surface area contributed by atoms with Crippen LogP contribution in [-0.4, -0.2) is 28.5 Å². The number of hydrogen-bond donors (Lipinski definition) is 2. The van der Waals surface area contributed by atoms with Gasteiger partial charge >= 0.3 is 11.7 Å². The van der Waals surface area contributed by atoms with Gasteiger partial charge in [0.15, 0.2) is 0 Å². The Kier molecular flexibility index (Phi) is 5.77. The Morgan fingerprint density at radius 3 is 2.67 bits per heavy atom. The zero-order valence-electron chi connectivity index (χ0n) is 11.3. The molecule has 0 radical (unpaired) electrons. The van der Waals surface area contributed by atoms with Gasteiger partial charge in [-0.15, -0.1) is 0 Å². The number of amides is 1. The molecule has 0 aliphatic rings. The highest BCUT2D eigenvalue weighted by atomic mass is 19.1. The first-order valence-corrected chi connectivity index (χ1v) is 6.31. The molecule has 1 unspecified atom stereocenters. The standard InChI is InChI=1S/C13H15FN2O5/c1-2-3-9(13(18)19)7-15-12(17)8-4-5-10(14)11(6-8)16(20)21/h4-6,9H,2-3,7H2,1H3,(H,15,17)(H,18,19). The Morgan fingerprint density at radius 2 is 2.14 bits per heavy atom. The van der Waals surface area contributed by atoms with Gasteiger partial charge in [0.05, 0.1) is 10.8 Å². The average Bonchev–Trinajstić information content (AvgIpc) is 2.42. The summed E-state index contributed by atoms with van der Waals surface area (Å²) in [5.74, 6) is -3.47. The molecule has 1 amide bonds. The summed E-state index contributed by atoms with van der Waals surface area (Å²) in [5, 5.41) is 21.9. The number of rotatable bonds is 7. The van der Waals surface area contributed by atoms with Crippen molar-refractivity contribution in [1.29, 1.82) is 0 Å². The van der Waals surface area contributed by atoms with Crippen LogP contribution in [0.15, 0.2) is 18.2 Å². The smallest absolute Gasteiger partial charge is 0.308 e. The maximum atomic E-state index is 13.2. The molecule has 7 nitrogen and oxygen atoms in total. The van der Waals surface area contributed by atoms with E-state index in [2.05, 4.69) is 5.32 Å². The highest BCUT2D eigenvalue weighted by molar-refractivity contribution is 5.95. The van der Waals surface area contributed by atoms with E-state index in [-0.39, 0.29) is 12.1 Å². The van der Waals surface area contributed by atoms with Crippen molar-refractivity contribution in [2.75, 3.05) is 6.54 Å². The summed E-state index contributed by atoms with van der Waals surface area (Å²) >= 11 is 0. The van der Waals surface area contributed by atoms with Crippen molar-refractivity contribution >= 4 is 17.6 Å². The van der Waals surface area contributed by atoms with Gasteiger partial charge in [0.25, 0.3) is 5.91 Å². The Bertz CT molecular complexity index is 561. The summed E-state index contributed by atoms with van der Waals surface area (Å²) in [6.07, 6.45) is 1.05. The van der Waals surface area contributed by atoms with Crippen LogP contribution >= 0.6 is 0 Å². The monoisotopic (exact) mass is 298 g/mol. The van der Waals surface area contributed by atoms with E-state index >= 15 is 0 Å². The highest BCUT2D eigenvalue weighted by Crippen LogP contribution is 2.18. The van der Waals surface area contributed by atoms with Crippen molar-refractivity contribution < 1.29 is 24.0 Å². The van der Waals surface area contributed by atoms with Gasteiger partial charge in [0.2, 0.25) is 5.82 Å². The third kappa shape index (κ3) is 4.51. The first-order chi connectivity index (χ1) is 9.86. The Morgan fingerprint density at radius 1 is 1.48 bits per heavy atom. The lowest BCUT2D eigenvalue weighted by molar-refractivity contribution is -0.387. The number of carbonyl (C=O) groups is 2. The molecule has 2 N–H and O–H groups in total. The minimum Gasteiger partial charge on any atom is -0.481 e. The molecule has 0 aliphatic carbocycles. The first-order valence-electron chi connectivity index (χ1n) is 6.31. The van der Waals surface area contributed by atoms with Crippen molar-refractivity contribution in [2.45, 2.75) is 19.8 Å². The largest absolute Gasteiger partial charge is 0.481 e. The quantitative estimate of drug-likeness (QED) is 0.590. The molecule has 1 aromatic carbocycles. The normalized spacial score (nSPS) is 11.7. The lowest BCUT2D eigenvalue weighted by Gasteiger charge is -2.12. The van der Waals surface area contributed by atoms with Crippen LogP contribution in [0.5, 0.6) is 0 Å². The predicted molar refractivity (Wildman–Crippen MR) is 71.4 cm³/mol. The van der Waals surface area contributed by atoms with E-state index in [9.17, 15) is 24.1 Å². The summed E-state index contributed by atoms with van der Waals surface area (Å²) < 4.78 is 13.2. The van der Waals surface area contributed by atoms with Gasteiger partial charge in [-0.3, -0.25) is 19.7 Å². The van der Waals surface area contributed by atoms with E-state index in [0.29, 0.717) is 12.8 Å². The molecule has 8 heteroatoms. The number of hydrogen-bond acceptors (Lipinski definition) is 4. The molecule has 21 heavy (non-hydrogen) atoms. The third-order valence-electron chi connectivity index (χ3n) is 2.90. The highest BCUT2D eigenvalue weighted by Gasteiger charge is 2.20. The second kappa shape index (κ2) is 7.32. The Labute approximate surface area is 119 Å². The molecule has 1 rings (SSSR count). The third-order valence-corrected chi connectivity index (χ3v) is 2.90. The summed E-state index contributed by atoms with van der Waals surface area (Å²) in [4.78, 5) is 32.4. The van der Waals surface area contributed by atoms with Gasteiger partial charge in [-0.1, -0.05) is 13.3 Å². The maximum absolute atomic E-state index is 13.2. The number of halogens is 1. The van der Waals surface area contributed by atoms with E-state index in [1.54, 1.807) is 0 Å². The summed E-state index contributed by atoms with van der Waals surface area (Å²) in [5.41, 5.74) is -0.894. The molecule has 0 spiro atoms. The lowest BCUT2D eigenvalue weighted by atomic mass is 10.0. The van der Waals surface area contributed by atoms with E-state index < -0.39 is 34.2 Å². The van der Waals surface area contributed by atoms with Crippen LogP contribution in [0.4, 0.5) is 10.1 Å². The summed E-state index contributed by atoms with van der Waals surface area (Å²) in [6.45, 7) is 1.73. The molecule has 1 atom stereocenters. The number of nitrogens with zero attached hydrogens (tertiary/aromatic N) is 1. The minimum absolute atomic E-state index is 0.0901. The molecule has 0 aromatic heterocycles. The fourth-order valence-corrected chi connectivity index (χ4v) is 1.77. The van der Waals surface area contributed by atoms with E-state index in [4.69, 9.17) is 5.11 Å². The fraction of sp³-hybridized carbons (Fsp3) is 0.385. The van der Waals surface area contributed by atoms with Gasteiger partial charge in [-0.25, -0.2) is 0 Å². The van der Waals surface area contributed by atoms with Crippen LogP contribution < -0.4 is 5.32 Å². The first kappa shape index (κ1) is 16.5. The van der Waals surface area contributed by atoms with Gasteiger partial charge in [0, 0.05) is 18.2 Å². The maximum Gasteiger partial charge on any atom is 0.308 e. The van der Waals surface area contributed by atoms with Crippen LogP contribution in [0, 0.1) is 21.8 Å². The fourth-order valence-electron chi connectivity index (χ4n) is 1.77. The number of carboxylic acid groups (broad SMARTS) is 1.